The second-order valence-corrected chi connectivity index (χ2v) is 7.96. The van der Waals surface area contributed by atoms with Gasteiger partial charge in [-0.2, -0.15) is 0 Å². The zero-order chi connectivity index (χ0) is 15.9. The van der Waals surface area contributed by atoms with E-state index >= 15 is 0 Å². The highest BCUT2D eigenvalue weighted by Crippen LogP contribution is 2.21. The highest BCUT2D eigenvalue weighted by Gasteiger charge is 2.22. The smallest absolute Gasteiger partial charge is 0.118 e. The number of rotatable bonds is 7. The number of benzene rings is 1. The monoisotopic (exact) mass is 309 g/mol. The van der Waals surface area contributed by atoms with Crippen LogP contribution in [0.15, 0.2) is 36.4 Å². The summed E-state index contributed by atoms with van der Waals surface area (Å²) in [6, 6.07) is 7.82. The largest absolute Gasteiger partial charge is 0.497 e. The molecular formula is C17H27NO2S. The number of methoxy groups -OCH3 is 1. The SMILES string of the molecule is CCC/C=C\[C@@H](NS(=O)C(C)(C)C)c1ccc(OC)cc1. The minimum absolute atomic E-state index is 0.0532. The first-order valence-corrected chi connectivity index (χ1v) is 8.52. The van der Waals surface area contributed by atoms with E-state index < -0.39 is 11.0 Å². The van der Waals surface area contributed by atoms with Crippen LogP contribution in [-0.2, 0) is 11.0 Å². The minimum Gasteiger partial charge on any atom is -0.497 e. The van der Waals surface area contributed by atoms with Gasteiger partial charge in [0.05, 0.1) is 28.9 Å². The lowest BCUT2D eigenvalue weighted by molar-refractivity contribution is 0.414. The van der Waals surface area contributed by atoms with Gasteiger partial charge in [0.15, 0.2) is 0 Å². The van der Waals surface area contributed by atoms with E-state index in [-0.39, 0.29) is 10.8 Å². The van der Waals surface area contributed by atoms with Gasteiger partial charge in [-0.1, -0.05) is 37.6 Å². The zero-order valence-corrected chi connectivity index (χ0v) is 14.5. The van der Waals surface area contributed by atoms with Gasteiger partial charge >= 0.3 is 0 Å². The molecule has 1 N–H and O–H groups in total. The van der Waals surface area contributed by atoms with Crippen molar-refractivity contribution in [3.8, 4) is 5.75 Å². The summed E-state index contributed by atoms with van der Waals surface area (Å²) in [7, 11) is 0.540. The molecule has 0 saturated carbocycles. The van der Waals surface area contributed by atoms with Crippen molar-refractivity contribution in [1.82, 2.24) is 4.72 Å². The second-order valence-electron chi connectivity index (χ2n) is 5.97. The fraction of sp³-hybridized carbons (Fsp3) is 0.529. The van der Waals surface area contributed by atoms with Crippen molar-refractivity contribution in [2.24, 2.45) is 0 Å². The van der Waals surface area contributed by atoms with Crippen LogP contribution >= 0.6 is 0 Å². The van der Waals surface area contributed by atoms with E-state index in [1.807, 2.05) is 45.0 Å². The number of hydrogen-bond acceptors (Lipinski definition) is 2. The van der Waals surface area contributed by atoms with Crippen LogP contribution in [0.4, 0.5) is 0 Å². The Hall–Kier alpha value is -1.13. The van der Waals surface area contributed by atoms with Crippen molar-refractivity contribution >= 4 is 11.0 Å². The third kappa shape index (κ3) is 6.02. The summed E-state index contributed by atoms with van der Waals surface area (Å²) < 4.78 is 20.5. The molecule has 1 unspecified atom stereocenters. The Morgan fingerprint density at radius 3 is 2.38 bits per heavy atom. The van der Waals surface area contributed by atoms with E-state index in [0.29, 0.717) is 0 Å². The van der Waals surface area contributed by atoms with Gasteiger partial charge in [0.2, 0.25) is 0 Å². The molecule has 0 saturated heterocycles. The van der Waals surface area contributed by atoms with Gasteiger partial charge in [0.25, 0.3) is 0 Å². The van der Waals surface area contributed by atoms with E-state index in [1.54, 1.807) is 7.11 Å². The predicted molar refractivity (Wildman–Crippen MR) is 90.8 cm³/mol. The summed E-state index contributed by atoms with van der Waals surface area (Å²) in [6.45, 7) is 8.05. The Morgan fingerprint density at radius 2 is 1.90 bits per heavy atom. The van der Waals surface area contributed by atoms with Crippen LogP contribution < -0.4 is 9.46 Å². The fourth-order valence-corrected chi connectivity index (χ4v) is 2.52. The first kappa shape index (κ1) is 17.9. The molecule has 0 amide bonds. The maximum absolute atomic E-state index is 12.3. The Kier molecular flexibility index (Phi) is 7.12. The van der Waals surface area contributed by atoms with Crippen molar-refractivity contribution in [2.75, 3.05) is 7.11 Å². The summed E-state index contributed by atoms with van der Waals surface area (Å²) in [5, 5.41) is 0. The Morgan fingerprint density at radius 1 is 1.29 bits per heavy atom. The topological polar surface area (TPSA) is 38.3 Å². The minimum atomic E-state index is -1.11. The average Bonchev–Trinajstić information content (AvgIpc) is 2.45. The first-order valence-electron chi connectivity index (χ1n) is 7.37. The first-order chi connectivity index (χ1) is 9.88. The second kappa shape index (κ2) is 8.35. The lowest BCUT2D eigenvalue weighted by Gasteiger charge is -2.23. The average molecular weight is 309 g/mol. The van der Waals surface area contributed by atoms with Crippen LogP contribution in [-0.4, -0.2) is 16.1 Å². The van der Waals surface area contributed by atoms with Gasteiger partial charge in [0, 0.05) is 0 Å². The van der Waals surface area contributed by atoms with Gasteiger partial charge in [-0.15, -0.1) is 0 Å². The number of ether oxygens (including phenoxy) is 1. The molecule has 0 aromatic heterocycles. The third-order valence-electron chi connectivity index (χ3n) is 3.05. The van der Waals surface area contributed by atoms with Crippen molar-refractivity contribution in [2.45, 2.75) is 51.3 Å². The number of unbranched alkanes of at least 4 members (excludes halogenated alkanes) is 1. The lowest BCUT2D eigenvalue weighted by atomic mass is 10.1. The molecule has 0 bridgehead atoms. The highest BCUT2D eigenvalue weighted by molar-refractivity contribution is 7.84. The zero-order valence-electron chi connectivity index (χ0n) is 13.7. The van der Waals surface area contributed by atoms with E-state index in [9.17, 15) is 4.21 Å². The highest BCUT2D eigenvalue weighted by atomic mass is 32.2. The van der Waals surface area contributed by atoms with Gasteiger partial charge in [-0.3, -0.25) is 0 Å². The van der Waals surface area contributed by atoms with E-state index in [0.717, 1.165) is 24.2 Å². The van der Waals surface area contributed by atoms with Crippen molar-refractivity contribution in [3.05, 3.63) is 42.0 Å². The Labute approximate surface area is 131 Å². The van der Waals surface area contributed by atoms with Gasteiger partial charge in [-0.25, -0.2) is 8.93 Å². The molecule has 1 rings (SSSR count). The number of hydrogen-bond donors (Lipinski definition) is 1. The van der Waals surface area contributed by atoms with Crippen molar-refractivity contribution < 1.29 is 8.95 Å². The quantitative estimate of drug-likeness (QED) is 0.769. The van der Waals surface area contributed by atoms with Crippen LogP contribution in [0.2, 0.25) is 0 Å². The maximum Gasteiger partial charge on any atom is 0.118 e. The molecule has 1 aromatic rings. The van der Waals surface area contributed by atoms with E-state index in [4.69, 9.17) is 4.74 Å². The molecule has 118 valence electrons. The standard InChI is InChI=1S/C17H27NO2S/c1-6-7-8-9-16(18-21(19)17(2,3)4)14-10-12-15(20-5)13-11-14/h8-13,16,18H,6-7H2,1-5H3/b9-8-/t16-,21?/m1/s1. The summed E-state index contributed by atoms with van der Waals surface area (Å²) in [5.41, 5.74) is 1.08. The fourth-order valence-electron chi connectivity index (χ4n) is 1.72. The normalized spacial score (nSPS) is 15.1. The van der Waals surface area contributed by atoms with Crippen LogP contribution in [0.3, 0.4) is 0 Å². The molecular weight excluding hydrogens is 282 g/mol. The molecule has 0 fully saturated rings. The van der Waals surface area contributed by atoms with Gasteiger partial charge < -0.3 is 4.74 Å². The molecule has 1 aromatic carbocycles. The van der Waals surface area contributed by atoms with Crippen LogP contribution in [0.1, 0.15) is 52.1 Å². The molecule has 0 spiro atoms. The van der Waals surface area contributed by atoms with E-state index in [1.165, 1.54) is 0 Å². The van der Waals surface area contributed by atoms with Crippen LogP contribution in [0.5, 0.6) is 5.75 Å². The van der Waals surface area contributed by atoms with Gasteiger partial charge in [0.1, 0.15) is 5.75 Å². The molecule has 21 heavy (non-hydrogen) atoms. The van der Waals surface area contributed by atoms with E-state index in [2.05, 4.69) is 23.8 Å². The molecule has 0 radical (unpaired) electrons. The predicted octanol–water partition coefficient (Wildman–Crippen LogP) is 4.14. The number of nitrogens with one attached hydrogen (secondary N) is 1. The van der Waals surface area contributed by atoms with Crippen molar-refractivity contribution in [1.29, 1.82) is 0 Å². The van der Waals surface area contributed by atoms with Crippen molar-refractivity contribution in [3.63, 3.8) is 0 Å². The maximum atomic E-state index is 12.3. The summed E-state index contributed by atoms with van der Waals surface area (Å²) in [5.74, 6) is 0.826. The molecule has 0 heterocycles. The molecule has 3 nitrogen and oxygen atoms in total. The Bertz CT molecular complexity index is 475. The number of allylic oxidation sites excluding steroid dienone is 1. The molecule has 4 heteroatoms. The van der Waals surface area contributed by atoms with Crippen LogP contribution in [0.25, 0.3) is 0 Å². The lowest BCUT2D eigenvalue weighted by Crippen LogP contribution is -2.35. The molecule has 0 aliphatic carbocycles. The third-order valence-corrected chi connectivity index (χ3v) is 4.63. The molecule has 2 atom stereocenters. The van der Waals surface area contributed by atoms with Crippen LogP contribution in [0, 0.1) is 0 Å². The van der Waals surface area contributed by atoms with Gasteiger partial charge in [-0.05, 0) is 44.9 Å². The Balaban J connectivity index is 2.92. The summed E-state index contributed by atoms with van der Waals surface area (Å²) >= 11 is 0. The molecule has 0 aliphatic heterocycles. The summed E-state index contributed by atoms with van der Waals surface area (Å²) in [6.07, 6.45) is 6.36. The molecule has 0 aliphatic rings. The summed E-state index contributed by atoms with van der Waals surface area (Å²) in [4.78, 5) is 0.